The number of Topliss-reactive ketones (excluding diaryl/α,β-unsaturated/α-hetero) is 1. The molecule has 31 heavy (non-hydrogen) atoms. The van der Waals surface area contributed by atoms with Crippen LogP contribution in [0, 0.1) is 5.82 Å². The van der Waals surface area contributed by atoms with Gasteiger partial charge in [0.2, 0.25) is 5.91 Å². The minimum atomic E-state index is -0.505. The van der Waals surface area contributed by atoms with Gasteiger partial charge in [-0.1, -0.05) is 48.3 Å². The van der Waals surface area contributed by atoms with Crippen LogP contribution in [0.25, 0.3) is 11.1 Å². The fraction of sp³-hybridized carbons (Fsp3) is 0.208. The Bertz CT molecular complexity index is 1120. The van der Waals surface area contributed by atoms with Gasteiger partial charge in [0.1, 0.15) is 11.0 Å². The molecule has 1 amide bonds. The van der Waals surface area contributed by atoms with Crippen LogP contribution in [-0.2, 0) is 11.2 Å². The van der Waals surface area contributed by atoms with Crippen molar-refractivity contribution in [2.24, 2.45) is 0 Å². The summed E-state index contributed by atoms with van der Waals surface area (Å²) >= 11 is 12.1. The molecule has 0 spiro atoms. The molecule has 0 saturated heterocycles. The summed E-state index contributed by atoms with van der Waals surface area (Å²) in [5, 5.41) is 0.710. The maximum absolute atomic E-state index is 14.6. The van der Waals surface area contributed by atoms with Crippen LogP contribution in [0.15, 0.2) is 54.7 Å². The third-order valence-corrected chi connectivity index (χ3v) is 5.55. The van der Waals surface area contributed by atoms with Crippen LogP contribution in [0.4, 0.5) is 10.1 Å². The van der Waals surface area contributed by atoms with Crippen LogP contribution < -0.4 is 4.90 Å². The van der Waals surface area contributed by atoms with Crippen LogP contribution in [0.1, 0.15) is 35.7 Å². The number of hydrogen-bond acceptors (Lipinski definition) is 3. The second kappa shape index (κ2) is 10.0. The highest BCUT2D eigenvalue weighted by Gasteiger charge is 2.16. The Kier molecular flexibility index (Phi) is 7.42. The molecule has 1 aromatic heterocycles. The summed E-state index contributed by atoms with van der Waals surface area (Å²) in [6.07, 6.45) is 2.74. The van der Waals surface area contributed by atoms with E-state index in [9.17, 15) is 14.0 Å². The van der Waals surface area contributed by atoms with Crippen molar-refractivity contribution in [3.63, 3.8) is 0 Å². The monoisotopic (exact) mass is 458 g/mol. The first-order valence-electron chi connectivity index (χ1n) is 9.79. The van der Waals surface area contributed by atoms with Crippen LogP contribution >= 0.6 is 23.2 Å². The van der Waals surface area contributed by atoms with Gasteiger partial charge in [-0.2, -0.15) is 0 Å². The van der Waals surface area contributed by atoms with Crippen molar-refractivity contribution >= 4 is 40.6 Å². The fourth-order valence-electron chi connectivity index (χ4n) is 3.20. The molecule has 160 valence electrons. The molecule has 1 heterocycles. The number of carbonyl (C=O) groups excluding carboxylic acids is 2. The van der Waals surface area contributed by atoms with Gasteiger partial charge in [0.05, 0.1) is 10.7 Å². The zero-order valence-electron chi connectivity index (χ0n) is 17.2. The first-order valence-corrected chi connectivity index (χ1v) is 10.6. The predicted molar refractivity (Wildman–Crippen MR) is 122 cm³/mol. The van der Waals surface area contributed by atoms with Gasteiger partial charge < -0.3 is 4.90 Å². The van der Waals surface area contributed by atoms with Crippen LogP contribution in [-0.4, -0.2) is 23.7 Å². The van der Waals surface area contributed by atoms with Crippen LogP contribution in [0.3, 0.4) is 0 Å². The molecule has 0 aliphatic heterocycles. The summed E-state index contributed by atoms with van der Waals surface area (Å²) in [5.41, 5.74) is 2.82. The maximum Gasteiger partial charge on any atom is 0.226 e. The van der Waals surface area contributed by atoms with E-state index in [2.05, 4.69) is 4.98 Å². The minimum Gasteiger partial charge on any atom is -0.313 e. The fourth-order valence-corrected chi connectivity index (χ4v) is 3.60. The van der Waals surface area contributed by atoms with E-state index in [-0.39, 0.29) is 30.2 Å². The highest BCUT2D eigenvalue weighted by molar-refractivity contribution is 6.34. The number of aromatic nitrogens is 1. The van der Waals surface area contributed by atoms with E-state index in [0.717, 1.165) is 5.56 Å². The zero-order valence-corrected chi connectivity index (χ0v) is 18.7. The normalized spacial score (nSPS) is 10.7. The molecule has 0 saturated carbocycles. The average molecular weight is 459 g/mol. The van der Waals surface area contributed by atoms with Gasteiger partial charge in [0, 0.05) is 31.6 Å². The van der Waals surface area contributed by atoms with Crippen molar-refractivity contribution in [3.8, 4) is 11.1 Å². The number of hydrogen-bond donors (Lipinski definition) is 0. The van der Waals surface area contributed by atoms with E-state index < -0.39 is 5.82 Å². The van der Waals surface area contributed by atoms with Crippen molar-refractivity contribution < 1.29 is 14.0 Å². The molecule has 0 aliphatic rings. The molecule has 0 radical (unpaired) electrons. The summed E-state index contributed by atoms with van der Waals surface area (Å²) in [6.45, 7) is 1.72. The maximum atomic E-state index is 14.6. The third-order valence-electron chi connectivity index (χ3n) is 5.02. The van der Waals surface area contributed by atoms with Gasteiger partial charge in [-0.25, -0.2) is 9.37 Å². The quantitative estimate of drug-likeness (QED) is 0.304. The molecule has 3 rings (SSSR count). The zero-order chi connectivity index (χ0) is 22.5. The lowest BCUT2D eigenvalue weighted by Gasteiger charge is -2.18. The smallest absolute Gasteiger partial charge is 0.226 e. The Labute approximate surface area is 190 Å². The predicted octanol–water partition coefficient (Wildman–Crippen LogP) is 6.38. The number of anilines is 1. The van der Waals surface area contributed by atoms with Crippen molar-refractivity contribution in [1.82, 2.24) is 4.98 Å². The van der Waals surface area contributed by atoms with E-state index in [0.29, 0.717) is 33.3 Å². The number of halogens is 3. The first-order chi connectivity index (χ1) is 14.8. The van der Waals surface area contributed by atoms with Gasteiger partial charge in [0.25, 0.3) is 0 Å². The van der Waals surface area contributed by atoms with E-state index in [4.69, 9.17) is 23.2 Å². The molecule has 0 fully saturated rings. The van der Waals surface area contributed by atoms with Crippen LogP contribution in [0.2, 0.25) is 10.2 Å². The minimum absolute atomic E-state index is 0.0901. The van der Waals surface area contributed by atoms with Gasteiger partial charge in [-0.05, 0) is 53.4 Å². The Morgan fingerprint density at radius 3 is 2.35 bits per heavy atom. The lowest BCUT2D eigenvalue weighted by Crippen LogP contribution is -2.25. The van der Waals surface area contributed by atoms with E-state index >= 15 is 0 Å². The molecular weight excluding hydrogens is 438 g/mol. The van der Waals surface area contributed by atoms with Crippen molar-refractivity contribution in [3.05, 3.63) is 81.8 Å². The van der Waals surface area contributed by atoms with Crippen molar-refractivity contribution in [2.75, 3.05) is 11.9 Å². The lowest BCUT2D eigenvalue weighted by molar-refractivity contribution is -0.118. The van der Waals surface area contributed by atoms with E-state index in [1.807, 2.05) is 6.07 Å². The largest absolute Gasteiger partial charge is 0.313 e. The molecule has 2 aromatic carbocycles. The van der Waals surface area contributed by atoms with E-state index in [1.54, 1.807) is 56.6 Å². The van der Waals surface area contributed by atoms with Crippen LogP contribution in [0.5, 0.6) is 0 Å². The highest BCUT2D eigenvalue weighted by atomic mass is 35.5. The number of rotatable bonds is 7. The Balaban J connectivity index is 1.75. The standard InChI is InChI=1S/C24H21Cl2FN2O2/c1-3-24(31)29(2)21-9-7-17(13-20(21)27)16-6-8-18(19(25)12-16)22(30)10-4-15-5-11-23(26)28-14-15/h5-9,11-14H,3-4,10H2,1-2H3. The van der Waals surface area contributed by atoms with Crippen molar-refractivity contribution in [1.29, 1.82) is 0 Å². The molecular formula is C24H21Cl2FN2O2. The lowest BCUT2D eigenvalue weighted by atomic mass is 9.99. The topological polar surface area (TPSA) is 50.3 Å². The molecule has 0 aliphatic carbocycles. The molecule has 0 bridgehead atoms. The Morgan fingerprint density at radius 1 is 1.03 bits per heavy atom. The Hall–Kier alpha value is -2.76. The molecule has 0 N–H and O–H groups in total. The van der Waals surface area contributed by atoms with E-state index in [1.165, 1.54) is 11.0 Å². The Morgan fingerprint density at radius 2 is 1.74 bits per heavy atom. The number of benzene rings is 2. The summed E-state index contributed by atoms with van der Waals surface area (Å²) in [6, 6.07) is 13.2. The molecule has 3 aromatic rings. The number of nitrogens with zero attached hydrogens (tertiary/aromatic N) is 2. The molecule has 0 unspecified atom stereocenters. The number of carbonyl (C=O) groups is 2. The molecule has 0 atom stereocenters. The summed E-state index contributed by atoms with van der Waals surface area (Å²) in [4.78, 5) is 29.7. The highest BCUT2D eigenvalue weighted by Crippen LogP contribution is 2.30. The van der Waals surface area contributed by atoms with Gasteiger partial charge in [-0.3, -0.25) is 9.59 Å². The summed E-state index contributed by atoms with van der Waals surface area (Å²) in [5.74, 6) is -0.769. The number of amides is 1. The third kappa shape index (κ3) is 5.49. The van der Waals surface area contributed by atoms with Gasteiger partial charge in [-0.15, -0.1) is 0 Å². The number of ketones is 1. The average Bonchev–Trinajstić information content (AvgIpc) is 2.77. The first kappa shape index (κ1) is 22.9. The molecule has 7 heteroatoms. The second-order valence-electron chi connectivity index (χ2n) is 7.08. The SMILES string of the molecule is CCC(=O)N(C)c1ccc(-c2ccc(C(=O)CCc3ccc(Cl)nc3)c(Cl)c2)cc1F. The number of aryl methyl sites for hydroxylation is 1. The number of pyridine rings is 1. The molecule has 4 nitrogen and oxygen atoms in total. The van der Waals surface area contributed by atoms with Crippen molar-refractivity contribution in [2.45, 2.75) is 26.2 Å². The van der Waals surface area contributed by atoms with Gasteiger partial charge >= 0.3 is 0 Å². The van der Waals surface area contributed by atoms with Gasteiger partial charge in [0.15, 0.2) is 5.78 Å². The second-order valence-corrected chi connectivity index (χ2v) is 7.87. The summed E-state index contributed by atoms with van der Waals surface area (Å²) < 4.78 is 14.6. The summed E-state index contributed by atoms with van der Waals surface area (Å²) in [7, 11) is 1.54.